The Labute approximate surface area is 118 Å². The summed E-state index contributed by atoms with van der Waals surface area (Å²) in [5.41, 5.74) is 2.25. The number of rotatable bonds is 7. The predicted octanol–water partition coefficient (Wildman–Crippen LogP) is 5.07. The van der Waals surface area contributed by atoms with Gasteiger partial charge in [-0.25, -0.2) is 0 Å². The molecule has 0 bridgehead atoms. The molecule has 18 heavy (non-hydrogen) atoms. The van der Waals surface area contributed by atoms with Crippen molar-refractivity contribution in [3.63, 3.8) is 0 Å². The molecule has 0 aromatic rings. The molecule has 0 aliphatic rings. The van der Waals surface area contributed by atoms with Gasteiger partial charge in [-0.05, 0) is 24.2 Å². The van der Waals surface area contributed by atoms with Crippen LogP contribution in [0.25, 0.3) is 0 Å². The van der Waals surface area contributed by atoms with Gasteiger partial charge in [0.15, 0.2) is 0 Å². The summed E-state index contributed by atoms with van der Waals surface area (Å²) in [7, 11) is -2.63. The first-order chi connectivity index (χ1) is 7.98. The van der Waals surface area contributed by atoms with Crippen molar-refractivity contribution in [1.82, 2.24) is 4.57 Å². The van der Waals surface area contributed by atoms with E-state index in [1.807, 2.05) is 0 Å². The molecule has 0 saturated heterocycles. The van der Waals surface area contributed by atoms with Gasteiger partial charge in [-0.15, -0.1) is 12.3 Å². The first-order valence-corrected chi connectivity index (χ1v) is 13.6. The van der Waals surface area contributed by atoms with Crippen LogP contribution in [0, 0.1) is 0 Å². The van der Waals surface area contributed by atoms with E-state index in [1.54, 1.807) is 0 Å². The molecule has 0 amide bonds. The molecule has 0 radical (unpaired) electrons. The summed E-state index contributed by atoms with van der Waals surface area (Å²) < 4.78 is 2.85. The predicted molar refractivity (Wildman–Crippen MR) is 91.4 cm³/mol. The first kappa shape index (κ1) is 18.1. The van der Waals surface area contributed by atoms with E-state index in [0.29, 0.717) is 5.04 Å². The van der Waals surface area contributed by atoms with Gasteiger partial charge >= 0.3 is 0 Å². The summed E-state index contributed by atoms with van der Waals surface area (Å²) in [5.74, 6) is 0. The van der Waals surface area contributed by atoms with Crippen LogP contribution in [0.4, 0.5) is 0 Å². The summed E-state index contributed by atoms with van der Waals surface area (Å²) in [4.78, 5) is 0. The Hall–Kier alpha value is 0.134. The second-order valence-electron chi connectivity index (χ2n) is 7.78. The molecule has 0 aliphatic carbocycles. The van der Waals surface area contributed by atoms with Gasteiger partial charge in [0.05, 0.1) is 8.07 Å². The standard InChI is InChI=1S/C15H35NSi2/c1-10-12-13-16(14-17(6,7)11-2)18(8,9)15(3,4)5/h11H,2,10,12-14H2,1,3-9H3. The quantitative estimate of drug-likeness (QED) is 0.591. The minimum Gasteiger partial charge on any atom is -0.325 e. The Morgan fingerprint density at radius 1 is 1.11 bits per heavy atom. The lowest BCUT2D eigenvalue weighted by Crippen LogP contribution is -2.59. The van der Waals surface area contributed by atoms with Gasteiger partial charge < -0.3 is 4.57 Å². The van der Waals surface area contributed by atoms with Crippen LogP contribution in [0.3, 0.4) is 0 Å². The molecule has 0 saturated carbocycles. The third-order valence-corrected chi connectivity index (χ3v) is 12.8. The maximum absolute atomic E-state index is 4.06. The van der Waals surface area contributed by atoms with E-state index in [4.69, 9.17) is 0 Å². The first-order valence-electron chi connectivity index (χ1n) is 7.36. The largest absolute Gasteiger partial charge is 0.325 e. The smallest absolute Gasteiger partial charge is 0.127 e. The highest BCUT2D eigenvalue weighted by Gasteiger charge is 2.42. The van der Waals surface area contributed by atoms with Gasteiger partial charge in [0.2, 0.25) is 0 Å². The summed E-state index contributed by atoms with van der Waals surface area (Å²) in [6.45, 7) is 24.8. The molecule has 0 aromatic carbocycles. The summed E-state index contributed by atoms with van der Waals surface area (Å²) in [5, 5.41) is 0.437. The number of nitrogens with zero attached hydrogens (tertiary/aromatic N) is 1. The molecule has 0 rings (SSSR count). The van der Waals surface area contributed by atoms with Crippen LogP contribution in [0.2, 0.25) is 31.2 Å². The highest BCUT2D eigenvalue weighted by atomic mass is 28.3. The molecule has 0 fully saturated rings. The third kappa shape index (κ3) is 5.02. The minimum atomic E-state index is -1.38. The van der Waals surface area contributed by atoms with Crippen molar-refractivity contribution < 1.29 is 0 Å². The van der Waals surface area contributed by atoms with Crippen LogP contribution in [-0.2, 0) is 0 Å². The zero-order chi connectivity index (χ0) is 14.6. The molecule has 0 spiro atoms. The topological polar surface area (TPSA) is 3.24 Å². The second-order valence-corrected chi connectivity index (χ2v) is 17.7. The molecule has 3 heteroatoms. The molecule has 0 aliphatic heterocycles. The number of unbranched alkanes of at least 4 members (excludes halogenated alkanes) is 1. The molecule has 1 nitrogen and oxygen atoms in total. The SMILES string of the molecule is C=C[Si](C)(C)CN(CCCC)[Si](C)(C)C(C)(C)C. The third-order valence-electron chi connectivity index (χ3n) is 4.56. The van der Waals surface area contributed by atoms with Crippen LogP contribution in [-0.4, -0.2) is 33.6 Å². The highest BCUT2D eigenvalue weighted by Crippen LogP contribution is 2.38. The molecule has 108 valence electrons. The van der Waals surface area contributed by atoms with Crippen molar-refractivity contribution in [1.29, 1.82) is 0 Å². The summed E-state index contributed by atoms with van der Waals surface area (Å²) in [6, 6.07) is 0. The molecular weight excluding hydrogens is 250 g/mol. The van der Waals surface area contributed by atoms with Crippen LogP contribution in [0.5, 0.6) is 0 Å². The molecule has 0 N–H and O–H groups in total. The Balaban J connectivity index is 5.05. The monoisotopic (exact) mass is 285 g/mol. The van der Waals surface area contributed by atoms with Crippen molar-refractivity contribution in [3.05, 3.63) is 12.3 Å². The average Bonchev–Trinajstić information content (AvgIpc) is 2.22. The number of hydrogen-bond acceptors (Lipinski definition) is 1. The maximum Gasteiger partial charge on any atom is 0.127 e. The Bertz CT molecular complexity index is 264. The zero-order valence-corrected chi connectivity index (χ0v) is 16.1. The van der Waals surface area contributed by atoms with Crippen molar-refractivity contribution in [2.75, 3.05) is 12.7 Å². The molecule has 0 atom stereocenters. The van der Waals surface area contributed by atoms with Crippen molar-refractivity contribution in [2.24, 2.45) is 0 Å². The van der Waals surface area contributed by atoms with Crippen molar-refractivity contribution in [2.45, 2.75) is 71.8 Å². The van der Waals surface area contributed by atoms with E-state index < -0.39 is 16.3 Å². The van der Waals surface area contributed by atoms with E-state index in [0.717, 1.165) is 0 Å². The highest BCUT2D eigenvalue weighted by molar-refractivity contribution is 6.85. The minimum absolute atomic E-state index is 0.437. The average molecular weight is 286 g/mol. The molecule has 0 aromatic heterocycles. The van der Waals surface area contributed by atoms with Crippen LogP contribution in [0.1, 0.15) is 40.5 Å². The van der Waals surface area contributed by atoms with Gasteiger partial charge in [0.25, 0.3) is 0 Å². The Morgan fingerprint density at radius 2 is 1.61 bits per heavy atom. The molecule has 0 unspecified atom stereocenters. The second kappa shape index (κ2) is 6.53. The Morgan fingerprint density at radius 3 is 1.94 bits per heavy atom. The van der Waals surface area contributed by atoms with Crippen molar-refractivity contribution >= 4 is 16.3 Å². The zero-order valence-electron chi connectivity index (χ0n) is 14.1. The lowest BCUT2D eigenvalue weighted by Gasteiger charge is -2.48. The van der Waals surface area contributed by atoms with E-state index in [1.165, 1.54) is 25.6 Å². The van der Waals surface area contributed by atoms with Crippen LogP contribution >= 0.6 is 0 Å². The van der Waals surface area contributed by atoms with E-state index >= 15 is 0 Å². The van der Waals surface area contributed by atoms with Gasteiger partial charge in [-0.1, -0.05) is 60.3 Å². The fraction of sp³-hybridized carbons (Fsp3) is 0.867. The fourth-order valence-electron chi connectivity index (χ4n) is 1.94. The van der Waals surface area contributed by atoms with Gasteiger partial charge in [-0.3, -0.25) is 0 Å². The summed E-state index contributed by atoms with van der Waals surface area (Å²) >= 11 is 0. The van der Waals surface area contributed by atoms with Gasteiger partial charge in [-0.2, -0.15) is 0 Å². The van der Waals surface area contributed by atoms with Crippen LogP contribution in [0.15, 0.2) is 12.3 Å². The molecule has 0 heterocycles. The van der Waals surface area contributed by atoms with Gasteiger partial charge in [0.1, 0.15) is 8.24 Å². The number of hydrogen-bond donors (Lipinski definition) is 0. The lowest BCUT2D eigenvalue weighted by molar-refractivity contribution is 0.433. The summed E-state index contributed by atoms with van der Waals surface area (Å²) in [6.07, 6.45) is 3.91. The normalized spacial score (nSPS) is 14.1. The van der Waals surface area contributed by atoms with E-state index in [-0.39, 0.29) is 0 Å². The van der Waals surface area contributed by atoms with E-state index in [2.05, 4.69) is 70.7 Å². The fourth-order valence-corrected chi connectivity index (χ4v) is 7.68. The van der Waals surface area contributed by atoms with E-state index in [9.17, 15) is 0 Å². The van der Waals surface area contributed by atoms with Gasteiger partial charge in [0, 0.05) is 0 Å². The maximum atomic E-state index is 4.06. The lowest BCUT2D eigenvalue weighted by atomic mass is 10.2. The van der Waals surface area contributed by atoms with Crippen LogP contribution < -0.4 is 0 Å². The van der Waals surface area contributed by atoms with Crippen molar-refractivity contribution in [3.8, 4) is 0 Å². The Kier molecular flexibility index (Phi) is 6.58. The molecular formula is C15H35NSi2.